The molecule has 4 unspecified atom stereocenters. The fourth-order valence-corrected chi connectivity index (χ4v) is 4.29. The molecule has 4 atom stereocenters. The summed E-state index contributed by atoms with van der Waals surface area (Å²) in [4.78, 5) is 2.48. The molecule has 124 valence electrons. The van der Waals surface area contributed by atoms with Crippen molar-refractivity contribution in [2.24, 2.45) is 5.92 Å². The summed E-state index contributed by atoms with van der Waals surface area (Å²) in [5.41, 5.74) is 0. The zero-order valence-corrected chi connectivity index (χ0v) is 13.8. The molecule has 21 heavy (non-hydrogen) atoms. The van der Waals surface area contributed by atoms with Gasteiger partial charge in [0, 0.05) is 6.04 Å². The lowest BCUT2D eigenvalue weighted by Crippen LogP contribution is -2.41. The van der Waals surface area contributed by atoms with Crippen molar-refractivity contribution in [3.8, 4) is 0 Å². The molecule has 0 aromatic heterocycles. The van der Waals surface area contributed by atoms with Gasteiger partial charge in [-0.1, -0.05) is 38.5 Å². The highest BCUT2D eigenvalue weighted by molar-refractivity contribution is 4.84. The van der Waals surface area contributed by atoms with Crippen LogP contribution in [0.3, 0.4) is 0 Å². The van der Waals surface area contributed by atoms with Crippen molar-refractivity contribution in [3.05, 3.63) is 0 Å². The van der Waals surface area contributed by atoms with Crippen LogP contribution < -0.4 is 0 Å². The SMILES string of the molecule is CN1CCCCCC(O)CC1C1CCCCCCC(O)C1. The highest BCUT2D eigenvalue weighted by Crippen LogP contribution is 2.30. The summed E-state index contributed by atoms with van der Waals surface area (Å²) >= 11 is 0. The van der Waals surface area contributed by atoms with Crippen molar-refractivity contribution >= 4 is 0 Å². The molecule has 1 saturated carbocycles. The first-order chi connectivity index (χ1) is 10.2. The van der Waals surface area contributed by atoms with Gasteiger partial charge in [0.2, 0.25) is 0 Å². The maximum atomic E-state index is 10.3. The van der Waals surface area contributed by atoms with E-state index in [0.29, 0.717) is 12.0 Å². The molecule has 0 radical (unpaired) electrons. The van der Waals surface area contributed by atoms with Gasteiger partial charge < -0.3 is 15.1 Å². The van der Waals surface area contributed by atoms with Crippen molar-refractivity contribution in [2.75, 3.05) is 13.6 Å². The number of aliphatic hydroxyl groups excluding tert-OH is 2. The van der Waals surface area contributed by atoms with Crippen LogP contribution in [0.2, 0.25) is 0 Å². The van der Waals surface area contributed by atoms with E-state index in [1.807, 2.05) is 0 Å². The third kappa shape index (κ3) is 5.88. The van der Waals surface area contributed by atoms with Crippen LogP contribution >= 0.6 is 0 Å². The van der Waals surface area contributed by atoms with Gasteiger partial charge in [-0.05, 0) is 58.0 Å². The Morgan fingerprint density at radius 1 is 0.714 bits per heavy atom. The van der Waals surface area contributed by atoms with Gasteiger partial charge >= 0.3 is 0 Å². The lowest BCUT2D eigenvalue weighted by molar-refractivity contribution is 0.0546. The topological polar surface area (TPSA) is 43.7 Å². The first kappa shape index (κ1) is 17.2. The standard InChI is InChI=1S/C18H35NO2/c1-19-12-8-4-7-11-17(21)14-18(19)15-9-5-2-3-6-10-16(20)13-15/h15-18,20-21H,2-14H2,1H3. The summed E-state index contributed by atoms with van der Waals surface area (Å²) in [6.45, 7) is 1.14. The minimum atomic E-state index is -0.152. The first-order valence-corrected chi connectivity index (χ1v) is 9.23. The summed E-state index contributed by atoms with van der Waals surface area (Å²) in [5, 5.41) is 20.6. The predicted molar refractivity (Wildman–Crippen MR) is 87.3 cm³/mol. The molecule has 3 heteroatoms. The molecule has 1 aliphatic heterocycles. The van der Waals surface area contributed by atoms with Gasteiger partial charge in [-0.3, -0.25) is 0 Å². The Morgan fingerprint density at radius 3 is 2.00 bits per heavy atom. The van der Waals surface area contributed by atoms with Gasteiger partial charge in [0.15, 0.2) is 0 Å². The Labute approximate surface area is 130 Å². The molecule has 0 amide bonds. The second-order valence-corrected chi connectivity index (χ2v) is 7.43. The summed E-state index contributed by atoms with van der Waals surface area (Å²) in [5.74, 6) is 0.552. The third-order valence-electron chi connectivity index (χ3n) is 5.61. The molecular weight excluding hydrogens is 262 g/mol. The van der Waals surface area contributed by atoms with Crippen LogP contribution in [0.15, 0.2) is 0 Å². The molecule has 2 aliphatic rings. The van der Waals surface area contributed by atoms with E-state index in [0.717, 1.165) is 38.6 Å². The molecule has 0 spiro atoms. The Bertz CT molecular complexity index is 284. The van der Waals surface area contributed by atoms with E-state index >= 15 is 0 Å². The smallest absolute Gasteiger partial charge is 0.0555 e. The molecule has 1 heterocycles. The van der Waals surface area contributed by atoms with Crippen LogP contribution in [0.1, 0.15) is 77.0 Å². The van der Waals surface area contributed by atoms with Crippen LogP contribution in [0, 0.1) is 5.92 Å². The first-order valence-electron chi connectivity index (χ1n) is 9.23. The van der Waals surface area contributed by atoms with Gasteiger partial charge in [-0.25, -0.2) is 0 Å². The second kappa shape index (κ2) is 9.12. The molecule has 0 aromatic rings. The van der Waals surface area contributed by atoms with Crippen LogP contribution in [0.25, 0.3) is 0 Å². The number of nitrogens with zero attached hydrogens (tertiary/aromatic N) is 1. The Morgan fingerprint density at radius 2 is 1.29 bits per heavy atom. The fraction of sp³-hybridized carbons (Fsp3) is 1.00. The molecule has 0 aromatic carbocycles. The van der Waals surface area contributed by atoms with E-state index in [2.05, 4.69) is 11.9 Å². The maximum Gasteiger partial charge on any atom is 0.0555 e. The lowest BCUT2D eigenvalue weighted by atomic mass is 9.84. The number of hydrogen-bond donors (Lipinski definition) is 2. The van der Waals surface area contributed by atoms with Crippen molar-refractivity contribution in [1.82, 2.24) is 4.90 Å². The second-order valence-electron chi connectivity index (χ2n) is 7.43. The van der Waals surface area contributed by atoms with Gasteiger partial charge in [-0.15, -0.1) is 0 Å². The van der Waals surface area contributed by atoms with Crippen LogP contribution in [0.5, 0.6) is 0 Å². The van der Waals surface area contributed by atoms with Gasteiger partial charge in [-0.2, -0.15) is 0 Å². The van der Waals surface area contributed by atoms with E-state index in [4.69, 9.17) is 0 Å². The monoisotopic (exact) mass is 297 g/mol. The molecule has 2 N–H and O–H groups in total. The highest BCUT2D eigenvalue weighted by atomic mass is 16.3. The number of aliphatic hydroxyl groups is 2. The van der Waals surface area contributed by atoms with Gasteiger partial charge in [0.1, 0.15) is 0 Å². The highest BCUT2D eigenvalue weighted by Gasteiger charge is 2.30. The Balaban J connectivity index is 2.03. The molecule has 3 nitrogen and oxygen atoms in total. The quantitative estimate of drug-likeness (QED) is 0.780. The van der Waals surface area contributed by atoms with E-state index in [-0.39, 0.29) is 12.2 Å². The minimum absolute atomic E-state index is 0.133. The van der Waals surface area contributed by atoms with Crippen molar-refractivity contribution in [2.45, 2.75) is 95.3 Å². The fourth-order valence-electron chi connectivity index (χ4n) is 4.29. The molecule has 2 rings (SSSR count). The Hall–Kier alpha value is -0.120. The average Bonchev–Trinajstić information content (AvgIpc) is 2.60. The zero-order valence-electron chi connectivity index (χ0n) is 13.8. The van der Waals surface area contributed by atoms with Crippen LogP contribution in [0.4, 0.5) is 0 Å². The zero-order chi connectivity index (χ0) is 15.1. The average molecular weight is 297 g/mol. The minimum Gasteiger partial charge on any atom is -0.393 e. The predicted octanol–water partition coefficient (Wildman–Crippen LogP) is 3.33. The van der Waals surface area contributed by atoms with Crippen LogP contribution in [-0.2, 0) is 0 Å². The van der Waals surface area contributed by atoms with E-state index < -0.39 is 0 Å². The normalized spacial score (nSPS) is 38.4. The number of rotatable bonds is 1. The van der Waals surface area contributed by atoms with Crippen molar-refractivity contribution in [1.29, 1.82) is 0 Å². The molecule has 1 aliphatic carbocycles. The third-order valence-corrected chi connectivity index (χ3v) is 5.61. The van der Waals surface area contributed by atoms with E-state index in [1.165, 1.54) is 44.9 Å². The van der Waals surface area contributed by atoms with Crippen LogP contribution in [-0.4, -0.2) is 47.0 Å². The molecule has 1 saturated heterocycles. The van der Waals surface area contributed by atoms with Crippen molar-refractivity contribution < 1.29 is 10.2 Å². The summed E-state index contributed by atoms with van der Waals surface area (Å²) in [6, 6.07) is 0.450. The summed E-state index contributed by atoms with van der Waals surface area (Å²) in [7, 11) is 2.22. The summed E-state index contributed by atoms with van der Waals surface area (Å²) in [6.07, 6.45) is 13.4. The Kier molecular flexibility index (Phi) is 7.48. The summed E-state index contributed by atoms with van der Waals surface area (Å²) < 4.78 is 0. The number of hydrogen-bond acceptors (Lipinski definition) is 3. The van der Waals surface area contributed by atoms with Gasteiger partial charge in [0.25, 0.3) is 0 Å². The van der Waals surface area contributed by atoms with Crippen molar-refractivity contribution in [3.63, 3.8) is 0 Å². The largest absolute Gasteiger partial charge is 0.393 e. The lowest BCUT2D eigenvalue weighted by Gasteiger charge is -2.36. The molecular formula is C18H35NO2. The van der Waals surface area contributed by atoms with E-state index in [9.17, 15) is 10.2 Å². The maximum absolute atomic E-state index is 10.3. The van der Waals surface area contributed by atoms with Gasteiger partial charge in [0.05, 0.1) is 12.2 Å². The molecule has 0 bridgehead atoms. The van der Waals surface area contributed by atoms with E-state index in [1.54, 1.807) is 0 Å². The molecule has 2 fully saturated rings.